The van der Waals surface area contributed by atoms with Crippen molar-refractivity contribution in [2.45, 2.75) is 25.1 Å². The minimum atomic E-state index is -0.666. The first-order valence-electron chi connectivity index (χ1n) is 10.9. The lowest BCUT2D eigenvalue weighted by molar-refractivity contribution is 0.159. The molecule has 0 aliphatic carbocycles. The monoisotopic (exact) mass is 442 g/mol. The summed E-state index contributed by atoms with van der Waals surface area (Å²) in [5.74, 6) is 0.757. The Morgan fingerprint density at radius 2 is 1.66 bits per heavy atom. The van der Waals surface area contributed by atoms with Gasteiger partial charge in [0, 0.05) is 36.1 Å². The minimum absolute atomic E-state index is 0.145. The van der Waals surface area contributed by atoms with E-state index in [0.29, 0.717) is 6.61 Å². The van der Waals surface area contributed by atoms with E-state index in [-0.39, 0.29) is 5.92 Å². The molecule has 1 aromatic heterocycles. The van der Waals surface area contributed by atoms with E-state index < -0.39 is 6.10 Å². The Balaban J connectivity index is 1.45. The highest BCUT2D eigenvalue weighted by molar-refractivity contribution is 7.09. The molecule has 1 unspecified atom stereocenters. The number of aromatic nitrogens is 1. The van der Waals surface area contributed by atoms with Gasteiger partial charge in [-0.15, -0.1) is 11.3 Å². The van der Waals surface area contributed by atoms with Crippen molar-refractivity contribution in [2.75, 3.05) is 13.2 Å². The van der Waals surface area contributed by atoms with Crippen LogP contribution in [0.25, 0.3) is 0 Å². The van der Waals surface area contributed by atoms with Crippen LogP contribution in [0.3, 0.4) is 0 Å². The van der Waals surface area contributed by atoms with Crippen molar-refractivity contribution in [3.63, 3.8) is 0 Å². The van der Waals surface area contributed by atoms with Crippen molar-refractivity contribution in [3.05, 3.63) is 118 Å². The summed E-state index contributed by atoms with van der Waals surface area (Å²) in [6.45, 7) is 3.08. The van der Waals surface area contributed by atoms with Crippen LogP contribution in [0.4, 0.5) is 0 Å². The Labute approximate surface area is 192 Å². The van der Waals surface area contributed by atoms with Gasteiger partial charge in [-0.2, -0.15) is 0 Å². The molecule has 162 valence electrons. The molecule has 0 fully saturated rings. The van der Waals surface area contributed by atoms with Crippen molar-refractivity contribution < 1.29 is 9.84 Å². The van der Waals surface area contributed by atoms with Gasteiger partial charge >= 0.3 is 0 Å². The largest absolute Gasteiger partial charge is 0.492 e. The molecule has 0 bridgehead atoms. The lowest BCUT2D eigenvalue weighted by atomic mass is 9.83. The zero-order valence-electron chi connectivity index (χ0n) is 17.8. The van der Waals surface area contributed by atoms with E-state index in [0.717, 1.165) is 52.6 Å². The second-order valence-electron chi connectivity index (χ2n) is 8.10. The molecule has 0 saturated heterocycles. The predicted molar refractivity (Wildman–Crippen MR) is 128 cm³/mol. The molecule has 32 heavy (non-hydrogen) atoms. The molecular weight excluding hydrogens is 416 g/mol. The Morgan fingerprint density at radius 3 is 2.31 bits per heavy atom. The maximum absolute atomic E-state index is 11.6. The highest BCUT2D eigenvalue weighted by atomic mass is 32.1. The molecule has 5 rings (SSSR count). The second-order valence-corrected chi connectivity index (χ2v) is 9.08. The van der Waals surface area contributed by atoms with Crippen LogP contribution in [0.1, 0.15) is 39.3 Å². The van der Waals surface area contributed by atoms with Gasteiger partial charge in [0.25, 0.3) is 0 Å². The molecule has 3 aromatic carbocycles. The number of hydrogen-bond acceptors (Lipinski definition) is 5. The maximum Gasteiger partial charge on any atom is 0.123 e. The number of aliphatic hydroxyl groups is 1. The fraction of sp³-hybridized carbons (Fsp3) is 0.222. The van der Waals surface area contributed by atoms with Crippen LogP contribution in [-0.4, -0.2) is 28.1 Å². The summed E-state index contributed by atoms with van der Waals surface area (Å²) >= 11 is 1.68. The van der Waals surface area contributed by atoms with Crippen molar-refractivity contribution in [1.29, 1.82) is 0 Å². The van der Waals surface area contributed by atoms with Crippen molar-refractivity contribution in [3.8, 4) is 5.75 Å². The van der Waals surface area contributed by atoms with Crippen molar-refractivity contribution in [1.82, 2.24) is 9.88 Å². The summed E-state index contributed by atoms with van der Waals surface area (Å²) in [6, 6.07) is 26.6. The number of nitrogens with zero attached hydrogens (tertiary/aromatic N) is 2. The molecule has 0 radical (unpaired) electrons. The topological polar surface area (TPSA) is 45.6 Å². The normalized spacial score (nSPS) is 15.1. The van der Waals surface area contributed by atoms with E-state index in [1.54, 1.807) is 11.3 Å². The minimum Gasteiger partial charge on any atom is -0.492 e. The number of rotatable bonds is 6. The van der Waals surface area contributed by atoms with Gasteiger partial charge in [-0.1, -0.05) is 66.7 Å². The van der Waals surface area contributed by atoms with Crippen LogP contribution < -0.4 is 4.74 Å². The molecule has 0 spiro atoms. The molecule has 0 amide bonds. The van der Waals surface area contributed by atoms with Crippen LogP contribution in [0.15, 0.2) is 90.4 Å². The van der Waals surface area contributed by atoms with E-state index >= 15 is 0 Å². The second kappa shape index (κ2) is 9.65. The van der Waals surface area contributed by atoms with Gasteiger partial charge in [0.15, 0.2) is 0 Å². The molecule has 2 heterocycles. The zero-order chi connectivity index (χ0) is 21.8. The lowest BCUT2D eigenvalue weighted by Crippen LogP contribution is -2.25. The predicted octanol–water partition coefficient (Wildman–Crippen LogP) is 5.40. The quantitative estimate of drug-likeness (QED) is 0.434. The van der Waals surface area contributed by atoms with Crippen molar-refractivity contribution >= 4 is 11.3 Å². The summed E-state index contributed by atoms with van der Waals surface area (Å²) in [4.78, 5) is 6.78. The molecule has 0 saturated carbocycles. The van der Waals surface area contributed by atoms with Gasteiger partial charge < -0.3 is 9.84 Å². The van der Waals surface area contributed by atoms with Crippen molar-refractivity contribution in [2.24, 2.45) is 0 Å². The summed E-state index contributed by atoms with van der Waals surface area (Å²) in [5.41, 5.74) is 4.21. The van der Waals surface area contributed by atoms with Crippen LogP contribution in [0.5, 0.6) is 5.75 Å². The van der Waals surface area contributed by atoms with Gasteiger partial charge in [0.1, 0.15) is 17.4 Å². The smallest absolute Gasteiger partial charge is 0.123 e. The average molecular weight is 443 g/mol. The third-order valence-electron chi connectivity index (χ3n) is 5.96. The van der Waals surface area contributed by atoms with Crippen LogP contribution in [0.2, 0.25) is 0 Å². The highest BCUT2D eigenvalue weighted by Gasteiger charge is 2.26. The molecule has 5 heteroatoms. The first-order valence-corrected chi connectivity index (χ1v) is 11.8. The van der Waals surface area contributed by atoms with E-state index in [1.807, 2.05) is 60.1 Å². The first kappa shape index (κ1) is 20.9. The number of aliphatic hydroxyl groups excluding tert-OH is 1. The lowest BCUT2D eigenvalue weighted by Gasteiger charge is -2.25. The fourth-order valence-corrected chi connectivity index (χ4v) is 5.04. The fourth-order valence-electron chi connectivity index (χ4n) is 4.38. The van der Waals surface area contributed by atoms with Gasteiger partial charge in [-0.3, -0.25) is 4.90 Å². The molecule has 1 aliphatic rings. The van der Waals surface area contributed by atoms with Gasteiger partial charge in [0.2, 0.25) is 0 Å². The van der Waals surface area contributed by atoms with Gasteiger partial charge in [-0.25, -0.2) is 4.98 Å². The SMILES string of the molecule is OC(c1ccc2c(c1)CN(Cc1nccs1)CCO2)C(c1ccccc1)c1ccccc1. The summed E-state index contributed by atoms with van der Waals surface area (Å²) < 4.78 is 6.02. The van der Waals surface area contributed by atoms with Crippen LogP contribution in [-0.2, 0) is 13.1 Å². The Kier molecular flexibility index (Phi) is 6.30. The standard InChI is InChI=1S/C27H26N2O2S/c30-27(26(20-7-3-1-4-8-20)21-9-5-2-6-10-21)22-11-12-24-23(17-22)18-29(14-15-31-24)19-25-28-13-16-32-25/h1-13,16-17,26-27,30H,14-15,18-19H2. The number of ether oxygens (including phenoxy) is 1. The summed E-state index contributed by atoms with van der Waals surface area (Å²) in [6.07, 6.45) is 1.19. The van der Waals surface area contributed by atoms with E-state index in [2.05, 4.69) is 40.2 Å². The van der Waals surface area contributed by atoms with Crippen LogP contribution in [0, 0.1) is 0 Å². The molecule has 4 aromatic rings. The molecule has 1 aliphatic heterocycles. The van der Waals surface area contributed by atoms with E-state index in [1.165, 1.54) is 0 Å². The number of fused-ring (bicyclic) bond motifs is 1. The Hall–Kier alpha value is -2.99. The number of hydrogen-bond donors (Lipinski definition) is 1. The first-order chi connectivity index (χ1) is 15.8. The van der Waals surface area contributed by atoms with Gasteiger partial charge in [0.05, 0.1) is 12.6 Å². The molecular formula is C27H26N2O2S. The Morgan fingerprint density at radius 1 is 0.938 bits per heavy atom. The molecule has 1 atom stereocenters. The zero-order valence-corrected chi connectivity index (χ0v) is 18.6. The summed E-state index contributed by atoms with van der Waals surface area (Å²) in [7, 11) is 0. The Bertz CT molecular complexity index is 1090. The third-order valence-corrected chi connectivity index (χ3v) is 6.72. The van der Waals surface area contributed by atoms with E-state index in [9.17, 15) is 5.11 Å². The third kappa shape index (κ3) is 4.60. The molecule has 4 nitrogen and oxygen atoms in total. The van der Waals surface area contributed by atoms with Crippen LogP contribution >= 0.6 is 11.3 Å². The maximum atomic E-state index is 11.6. The number of benzene rings is 3. The number of thiazole rings is 1. The summed E-state index contributed by atoms with van der Waals surface area (Å²) in [5, 5.41) is 14.7. The molecule has 1 N–H and O–H groups in total. The highest BCUT2D eigenvalue weighted by Crippen LogP contribution is 2.38. The van der Waals surface area contributed by atoms with E-state index in [4.69, 9.17) is 4.74 Å². The van der Waals surface area contributed by atoms with Gasteiger partial charge in [-0.05, 0) is 28.8 Å². The average Bonchev–Trinajstić information content (AvgIpc) is 3.26.